The fourth-order valence-electron chi connectivity index (χ4n) is 1.72. The highest BCUT2D eigenvalue weighted by molar-refractivity contribution is 8.14. The summed E-state index contributed by atoms with van der Waals surface area (Å²) in [6, 6.07) is 18.0. The maximum absolute atomic E-state index is 12.0. The zero-order valence-corrected chi connectivity index (χ0v) is 12.0. The van der Waals surface area contributed by atoms with Crippen molar-refractivity contribution in [1.82, 2.24) is 0 Å². The Kier molecular flexibility index (Phi) is 5.35. The van der Waals surface area contributed by atoms with Crippen molar-refractivity contribution >= 4 is 28.9 Å². The Balaban J connectivity index is 2.06. The molecule has 0 saturated carbocycles. The van der Waals surface area contributed by atoms with E-state index in [9.17, 15) is 14.7 Å². The largest absolute Gasteiger partial charge is 0.478 e. The lowest BCUT2D eigenvalue weighted by Gasteiger charge is -2.03. The molecule has 0 aromatic heterocycles. The molecule has 21 heavy (non-hydrogen) atoms. The van der Waals surface area contributed by atoms with E-state index in [0.717, 1.165) is 17.3 Å². The number of aliphatic carboxylic acids is 1. The number of carbonyl (C=O) groups excluding carboxylic acids is 1. The molecule has 2 aromatic rings. The summed E-state index contributed by atoms with van der Waals surface area (Å²) in [5, 5.41) is 9.10. The maximum Gasteiger partial charge on any atom is 0.332 e. The number of hydrogen-bond acceptors (Lipinski definition) is 3. The van der Waals surface area contributed by atoms with Gasteiger partial charge in [0.05, 0.1) is 0 Å². The Hall–Kier alpha value is -2.33. The van der Waals surface area contributed by atoms with Gasteiger partial charge in [-0.25, -0.2) is 4.79 Å². The molecule has 0 saturated heterocycles. The van der Waals surface area contributed by atoms with Crippen molar-refractivity contribution in [3.63, 3.8) is 0 Å². The smallest absolute Gasteiger partial charge is 0.332 e. The Labute approximate surface area is 127 Å². The predicted molar refractivity (Wildman–Crippen MR) is 85.3 cm³/mol. The van der Waals surface area contributed by atoms with Crippen LogP contribution in [-0.4, -0.2) is 21.9 Å². The molecule has 0 unspecified atom stereocenters. The lowest BCUT2D eigenvalue weighted by atomic mass is 10.1. The summed E-state index contributed by atoms with van der Waals surface area (Å²) < 4.78 is 0. The third kappa shape index (κ3) is 4.61. The first-order valence-electron chi connectivity index (χ1n) is 6.38. The molecule has 0 bridgehead atoms. The van der Waals surface area contributed by atoms with E-state index in [-0.39, 0.29) is 16.4 Å². The van der Waals surface area contributed by atoms with Gasteiger partial charge in [0.15, 0.2) is 0 Å². The van der Waals surface area contributed by atoms with Crippen LogP contribution in [0.25, 0.3) is 6.08 Å². The molecule has 0 radical (unpaired) electrons. The number of carboxylic acids is 1. The van der Waals surface area contributed by atoms with E-state index in [2.05, 4.69) is 0 Å². The van der Waals surface area contributed by atoms with Crippen molar-refractivity contribution < 1.29 is 14.7 Å². The Bertz CT molecular complexity index is 648. The molecule has 0 aliphatic heterocycles. The van der Waals surface area contributed by atoms with Gasteiger partial charge in [-0.05, 0) is 11.6 Å². The van der Waals surface area contributed by atoms with Gasteiger partial charge >= 0.3 is 5.97 Å². The number of rotatable bonds is 5. The lowest BCUT2D eigenvalue weighted by molar-refractivity contribution is -0.132. The molecular weight excluding hydrogens is 284 g/mol. The van der Waals surface area contributed by atoms with Crippen LogP contribution in [0.15, 0.2) is 66.2 Å². The number of carboxylic acid groups (broad SMARTS) is 1. The molecular formula is C17H14O3S. The SMILES string of the molecule is O=C(O)/C(=C/c1ccccc1)CSC(=O)c1ccccc1. The third-order valence-corrected chi connectivity index (χ3v) is 3.74. The molecule has 0 spiro atoms. The molecule has 2 rings (SSSR count). The number of carbonyl (C=O) groups is 2. The van der Waals surface area contributed by atoms with Crippen LogP contribution in [0.2, 0.25) is 0 Å². The first kappa shape index (κ1) is 15.1. The summed E-state index contributed by atoms with van der Waals surface area (Å²) in [6.07, 6.45) is 1.59. The zero-order chi connectivity index (χ0) is 15.1. The monoisotopic (exact) mass is 298 g/mol. The van der Waals surface area contributed by atoms with Gasteiger partial charge in [-0.15, -0.1) is 0 Å². The average molecular weight is 298 g/mol. The van der Waals surface area contributed by atoms with E-state index in [1.165, 1.54) is 0 Å². The van der Waals surface area contributed by atoms with Crippen molar-refractivity contribution in [3.05, 3.63) is 77.4 Å². The van der Waals surface area contributed by atoms with Crippen molar-refractivity contribution in [2.45, 2.75) is 0 Å². The van der Waals surface area contributed by atoms with Crippen molar-refractivity contribution in [2.75, 3.05) is 5.75 Å². The van der Waals surface area contributed by atoms with Crippen molar-refractivity contribution in [2.24, 2.45) is 0 Å². The third-order valence-electron chi connectivity index (χ3n) is 2.78. The van der Waals surface area contributed by atoms with Gasteiger partial charge < -0.3 is 5.11 Å². The van der Waals surface area contributed by atoms with Gasteiger partial charge in [0.1, 0.15) is 0 Å². The van der Waals surface area contributed by atoms with E-state index in [0.29, 0.717) is 5.56 Å². The highest BCUT2D eigenvalue weighted by Gasteiger charge is 2.12. The molecule has 0 fully saturated rings. The quantitative estimate of drug-likeness (QED) is 0.855. The van der Waals surface area contributed by atoms with E-state index in [1.807, 2.05) is 36.4 Å². The van der Waals surface area contributed by atoms with Crippen molar-refractivity contribution in [3.8, 4) is 0 Å². The number of benzene rings is 2. The number of hydrogen-bond donors (Lipinski definition) is 1. The van der Waals surface area contributed by atoms with Crippen LogP contribution >= 0.6 is 11.8 Å². The fraction of sp³-hybridized carbons (Fsp3) is 0.0588. The van der Waals surface area contributed by atoms with E-state index < -0.39 is 5.97 Å². The summed E-state index contributed by atoms with van der Waals surface area (Å²) >= 11 is 0.997. The Morgan fingerprint density at radius 2 is 1.52 bits per heavy atom. The second-order valence-electron chi connectivity index (χ2n) is 4.33. The van der Waals surface area contributed by atoms with Gasteiger partial charge in [0, 0.05) is 16.9 Å². The molecule has 4 heteroatoms. The molecule has 106 valence electrons. The Morgan fingerprint density at radius 1 is 0.952 bits per heavy atom. The second kappa shape index (κ2) is 7.45. The molecule has 0 atom stereocenters. The van der Waals surface area contributed by atoms with Gasteiger partial charge in [-0.2, -0.15) is 0 Å². The minimum Gasteiger partial charge on any atom is -0.478 e. The van der Waals surface area contributed by atoms with Crippen LogP contribution in [0.5, 0.6) is 0 Å². The molecule has 0 aliphatic rings. The van der Waals surface area contributed by atoms with Crippen LogP contribution in [0.3, 0.4) is 0 Å². The molecule has 2 aromatic carbocycles. The summed E-state index contributed by atoms with van der Waals surface area (Å²) in [6.45, 7) is 0. The minimum atomic E-state index is -1.01. The predicted octanol–water partition coefficient (Wildman–Crippen LogP) is 3.73. The van der Waals surface area contributed by atoms with Crippen LogP contribution < -0.4 is 0 Å². The fourth-order valence-corrected chi connectivity index (χ4v) is 2.51. The summed E-state index contributed by atoms with van der Waals surface area (Å²) in [5.74, 6) is -0.870. The molecule has 1 N–H and O–H groups in total. The Morgan fingerprint density at radius 3 is 2.10 bits per heavy atom. The number of thioether (sulfide) groups is 1. The average Bonchev–Trinajstić information content (AvgIpc) is 2.52. The van der Waals surface area contributed by atoms with Gasteiger partial charge in [-0.1, -0.05) is 72.4 Å². The first-order valence-corrected chi connectivity index (χ1v) is 7.36. The molecule has 0 amide bonds. The minimum absolute atomic E-state index is 0.129. The van der Waals surface area contributed by atoms with Crippen LogP contribution in [-0.2, 0) is 4.79 Å². The first-order chi connectivity index (χ1) is 10.2. The van der Waals surface area contributed by atoms with Crippen LogP contribution in [0, 0.1) is 0 Å². The summed E-state index contributed by atoms with van der Waals surface area (Å²) in [7, 11) is 0. The topological polar surface area (TPSA) is 54.4 Å². The van der Waals surface area contributed by atoms with E-state index >= 15 is 0 Å². The highest BCUT2D eigenvalue weighted by atomic mass is 32.2. The lowest BCUT2D eigenvalue weighted by Crippen LogP contribution is -2.05. The highest BCUT2D eigenvalue weighted by Crippen LogP contribution is 2.17. The molecule has 0 aliphatic carbocycles. The normalized spacial score (nSPS) is 11.1. The molecule has 3 nitrogen and oxygen atoms in total. The van der Waals surface area contributed by atoms with Crippen LogP contribution in [0.1, 0.15) is 15.9 Å². The van der Waals surface area contributed by atoms with Gasteiger partial charge in [0.2, 0.25) is 5.12 Å². The maximum atomic E-state index is 12.0. The zero-order valence-electron chi connectivity index (χ0n) is 11.2. The summed E-state index contributed by atoms with van der Waals surface area (Å²) in [5.41, 5.74) is 1.59. The van der Waals surface area contributed by atoms with E-state index in [1.54, 1.807) is 30.3 Å². The second-order valence-corrected chi connectivity index (χ2v) is 5.28. The molecule has 0 heterocycles. The van der Waals surface area contributed by atoms with Crippen LogP contribution in [0.4, 0.5) is 0 Å². The summed E-state index contributed by atoms with van der Waals surface area (Å²) in [4.78, 5) is 23.2. The standard InChI is InChI=1S/C17H14O3S/c18-16(19)15(11-13-7-3-1-4-8-13)12-21-17(20)14-9-5-2-6-10-14/h1-11H,12H2,(H,18,19)/b15-11+. The van der Waals surface area contributed by atoms with E-state index in [4.69, 9.17) is 0 Å². The van der Waals surface area contributed by atoms with Gasteiger partial charge in [-0.3, -0.25) is 4.79 Å². The van der Waals surface area contributed by atoms with Crippen molar-refractivity contribution in [1.29, 1.82) is 0 Å². The van der Waals surface area contributed by atoms with Gasteiger partial charge in [0.25, 0.3) is 0 Å².